The number of aromatic nitrogens is 2. The first-order valence-corrected chi connectivity index (χ1v) is 7.35. The fraction of sp³-hybridized carbons (Fsp3) is 0.438. The van der Waals surface area contributed by atoms with Crippen LogP contribution in [-0.2, 0) is 11.3 Å². The Balaban J connectivity index is 2.25. The van der Waals surface area contributed by atoms with E-state index in [9.17, 15) is 9.59 Å². The Morgan fingerprint density at radius 3 is 2.82 bits per heavy atom. The Morgan fingerprint density at radius 2 is 2.14 bits per heavy atom. The largest absolute Gasteiger partial charge is 0.396 e. The average molecular weight is 303 g/mol. The van der Waals surface area contributed by atoms with Crippen molar-refractivity contribution >= 4 is 16.9 Å². The maximum absolute atomic E-state index is 12.3. The van der Waals surface area contributed by atoms with Crippen molar-refractivity contribution in [3.63, 3.8) is 0 Å². The minimum Gasteiger partial charge on any atom is -0.396 e. The Hall–Kier alpha value is -2.21. The molecule has 0 fully saturated rings. The standard InChI is InChI=1S/C16H21N3O3/c1-3-16(2,8-9-20)18-14(21)11-19-13-7-5-4-6-12(13)17-10-15(19)22/h4-7,10,20H,3,8-9,11H2,1-2H3,(H,18,21). The summed E-state index contributed by atoms with van der Waals surface area (Å²) in [5, 5.41) is 12.0. The maximum Gasteiger partial charge on any atom is 0.269 e. The fourth-order valence-corrected chi connectivity index (χ4v) is 2.37. The van der Waals surface area contributed by atoms with Crippen molar-refractivity contribution in [3.05, 3.63) is 40.8 Å². The van der Waals surface area contributed by atoms with Gasteiger partial charge in [-0.1, -0.05) is 19.1 Å². The summed E-state index contributed by atoms with van der Waals surface area (Å²) in [7, 11) is 0. The van der Waals surface area contributed by atoms with Gasteiger partial charge in [0.1, 0.15) is 6.54 Å². The summed E-state index contributed by atoms with van der Waals surface area (Å²) in [6.45, 7) is 3.77. The third-order valence-electron chi connectivity index (χ3n) is 3.94. The zero-order chi connectivity index (χ0) is 16.2. The van der Waals surface area contributed by atoms with Crippen molar-refractivity contribution in [2.24, 2.45) is 0 Å². The number of aliphatic hydroxyl groups excluding tert-OH is 1. The van der Waals surface area contributed by atoms with Gasteiger partial charge < -0.3 is 10.4 Å². The molecular weight excluding hydrogens is 282 g/mol. The molecule has 118 valence electrons. The first kappa shape index (κ1) is 16.2. The lowest BCUT2D eigenvalue weighted by atomic mass is 9.95. The van der Waals surface area contributed by atoms with Gasteiger partial charge in [0.25, 0.3) is 5.56 Å². The summed E-state index contributed by atoms with van der Waals surface area (Å²) >= 11 is 0. The number of hydrogen-bond acceptors (Lipinski definition) is 4. The number of nitrogens with one attached hydrogen (secondary N) is 1. The third kappa shape index (κ3) is 3.51. The van der Waals surface area contributed by atoms with Crippen molar-refractivity contribution < 1.29 is 9.90 Å². The number of carbonyl (C=O) groups is 1. The smallest absolute Gasteiger partial charge is 0.269 e. The molecule has 0 aliphatic carbocycles. The molecule has 1 atom stereocenters. The first-order chi connectivity index (χ1) is 10.5. The van der Waals surface area contributed by atoms with E-state index in [0.717, 1.165) is 0 Å². The van der Waals surface area contributed by atoms with Gasteiger partial charge in [-0.2, -0.15) is 0 Å². The Morgan fingerprint density at radius 1 is 1.41 bits per heavy atom. The zero-order valence-corrected chi connectivity index (χ0v) is 12.9. The molecule has 0 saturated carbocycles. The van der Waals surface area contributed by atoms with Crippen molar-refractivity contribution in [2.45, 2.75) is 38.8 Å². The fourth-order valence-electron chi connectivity index (χ4n) is 2.37. The number of benzene rings is 1. The van der Waals surface area contributed by atoms with Crippen LogP contribution in [0.15, 0.2) is 35.3 Å². The number of nitrogens with zero attached hydrogens (tertiary/aromatic N) is 2. The van der Waals surface area contributed by atoms with Gasteiger partial charge in [0.2, 0.25) is 5.91 Å². The first-order valence-electron chi connectivity index (χ1n) is 7.35. The van der Waals surface area contributed by atoms with E-state index >= 15 is 0 Å². The highest BCUT2D eigenvalue weighted by molar-refractivity contribution is 5.80. The molecule has 1 unspecified atom stereocenters. The normalized spacial score (nSPS) is 13.8. The van der Waals surface area contributed by atoms with Crippen molar-refractivity contribution in [1.82, 2.24) is 14.9 Å². The van der Waals surface area contributed by atoms with Crippen LogP contribution in [0.3, 0.4) is 0 Å². The predicted molar refractivity (Wildman–Crippen MR) is 84.5 cm³/mol. The number of rotatable bonds is 6. The second-order valence-corrected chi connectivity index (χ2v) is 5.61. The van der Waals surface area contributed by atoms with Crippen LogP contribution in [0.1, 0.15) is 26.7 Å². The van der Waals surface area contributed by atoms with E-state index in [2.05, 4.69) is 10.3 Å². The summed E-state index contributed by atoms with van der Waals surface area (Å²) in [5.74, 6) is -0.253. The molecule has 0 spiro atoms. The molecule has 0 aliphatic heterocycles. The van der Waals surface area contributed by atoms with E-state index < -0.39 is 5.54 Å². The van der Waals surface area contributed by atoms with Gasteiger partial charge in [-0.3, -0.25) is 14.2 Å². The van der Waals surface area contributed by atoms with Crippen LogP contribution < -0.4 is 10.9 Å². The number of fused-ring (bicyclic) bond motifs is 1. The van der Waals surface area contributed by atoms with Gasteiger partial charge in [0.15, 0.2) is 0 Å². The molecule has 2 rings (SSSR count). The molecule has 22 heavy (non-hydrogen) atoms. The Labute approximate surface area is 128 Å². The summed E-state index contributed by atoms with van der Waals surface area (Å²) < 4.78 is 1.41. The number of amides is 1. The van der Waals surface area contributed by atoms with Crippen LogP contribution in [-0.4, -0.2) is 32.7 Å². The summed E-state index contributed by atoms with van der Waals surface area (Å²) in [5.41, 5.74) is 0.515. The highest BCUT2D eigenvalue weighted by Crippen LogP contribution is 2.14. The van der Waals surface area contributed by atoms with E-state index in [0.29, 0.717) is 23.9 Å². The second kappa shape index (κ2) is 6.70. The highest BCUT2D eigenvalue weighted by Gasteiger charge is 2.24. The monoisotopic (exact) mass is 303 g/mol. The van der Waals surface area contributed by atoms with Gasteiger partial charge >= 0.3 is 0 Å². The summed E-state index contributed by atoms with van der Waals surface area (Å²) in [6, 6.07) is 7.20. The SMILES string of the molecule is CCC(C)(CCO)NC(=O)Cn1c(=O)cnc2ccccc21. The molecule has 2 N–H and O–H groups in total. The van der Waals surface area contributed by atoms with E-state index in [1.165, 1.54) is 10.8 Å². The molecule has 1 heterocycles. The average Bonchev–Trinajstić information content (AvgIpc) is 2.50. The van der Waals surface area contributed by atoms with Crippen LogP contribution in [0.4, 0.5) is 0 Å². The maximum atomic E-state index is 12.3. The summed E-state index contributed by atoms with van der Waals surface area (Å²) in [4.78, 5) is 28.4. The minimum absolute atomic E-state index is 0.00273. The molecule has 1 aromatic carbocycles. The molecule has 0 radical (unpaired) electrons. The third-order valence-corrected chi connectivity index (χ3v) is 3.94. The van der Waals surface area contributed by atoms with Crippen LogP contribution in [0.2, 0.25) is 0 Å². The van der Waals surface area contributed by atoms with Crippen LogP contribution in [0.25, 0.3) is 11.0 Å². The molecule has 0 saturated heterocycles. The number of para-hydroxylation sites is 2. The number of carbonyl (C=O) groups excluding carboxylic acids is 1. The Bertz CT molecular complexity index is 726. The molecule has 6 heteroatoms. The molecule has 6 nitrogen and oxygen atoms in total. The molecule has 0 aliphatic rings. The number of hydrogen-bond donors (Lipinski definition) is 2. The Kier molecular flexibility index (Phi) is 4.92. The second-order valence-electron chi connectivity index (χ2n) is 5.61. The zero-order valence-electron chi connectivity index (χ0n) is 12.9. The molecule has 1 amide bonds. The van der Waals surface area contributed by atoms with Crippen molar-refractivity contribution in [3.8, 4) is 0 Å². The lowest BCUT2D eigenvalue weighted by Gasteiger charge is -2.29. The summed E-state index contributed by atoms with van der Waals surface area (Å²) in [6.07, 6.45) is 2.40. The van der Waals surface area contributed by atoms with Crippen molar-refractivity contribution in [1.29, 1.82) is 0 Å². The van der Waals surface area contributed by atoms with Crippen molar-refractivity contribution in [2.75, 3.05) is 6.61 Å². The van der Waals surface area contributed by atoms with Crippen LogP contribution in [0, 0.1) is 0 Å². The van der Waals surface area contributed by atoms with E-state index in [4.69, 9.17) is 5.11 Å². The lowest BCUT2D eigenvalue weighted by Crippen LogP contribution is -2.48. The molecule has 0 bridgehead atoms. The van der Waals surface area contributed by atoms with E-state index in [1.807, 2.05) is 19.9 Å². The van der Waals surface area contributed by atoms with Gasteiger partial charge in [-0.15, -0.1) is 0 Å². The van der Waals surface area contributed by atoms with Gasteiger partial charge in [0, 0.05) is 12.1 Å². The predicted octanol–water partition coefficient (Wildman–Crippen LogP) is 1.06. The van der Waals surface area contributed by atoms with Gasteiger partial charge in [0.05, 0.1) is 17.2 Å². The lowest BCUT2D eigenvalue weighted by molar-refractivity contribution is -0.123. The number of aliphatic hydroxyl groups is 1. The van der Waals surface area contributed by atoms with Gasteiger partial charge in [-0.05, 0) is 31.9 Å². The van der Waals surface area contributed by atoms with Crippen LogP contribution >= 0.6 is 0 Å². The topological polar surface area (TPSA) is 84.2 Å². The molecule has 2 aromatic rings. The van der Waals surface area contributed by atoms with Crippen LogP contribution in [0.5, 0.6) is 0 Å². The van der Waals surface area contributed by atoms with Gasteiger partial charge in [-0.25, -0.2) is 4.98 Å². The van der Waals surface area contributed by atoms with E-state index in [-0.39, 0.29) is 24.6 Å². The molecular formula is C16H21N3O3. The molecule has 1 aromatic heterocycles. The quantitative estimate of drug-likeness (QED) is 0.836. The highest BCUT2D eigenvalue weighted by atomic mass is 16.3. The minimum atomic E-state index is -0.474. The van der Waals surface area contributed by atoms with E-state index in [1.54, 1.807) is 18.2 Å².